The highest BCUT2D eigenvalue weighted by Gasteiger charge is 2.19. The zero-order valence-corrected chi connectivity index (χ0v) is 15.2. The van der Waals surface area contributed by atoms with Gasteiger partial charge in [-0.25, -0.2) is 0 Å². The van der Waals surface area contributed by atoms with Gasteiger partial charge in [0.15, 0.2) is 0 Å². The van der Waals surface area contributed by atoms with E-state index in [-0.39, 0.29) is 0 Å². The lowest BCUT2D eigenvalue weighted by atomic mass is 10.0. The van der Waals surface area contributed by atoms with Crippen LogP contribution in [0.4, 0.5) is 5.69 Å². The monoisotopic (exact) mass is 320 g/mol. The van der Waals surface area contributed by atoms with Gasteiger partial charge in [0.05, 0.1) is 0 Å². The fraction of sp³-hybridized carbons (Fsp3) is 0.364. The molecule has 126 valence electrons. The van der Waals surface area contributed by atoms with E-state index < -0.39 is 0 Å². The minimum absolute atomic E-state index is 1.03. The quantitative estimate of drug-likeness (QED) is 0.808. The average molecular weight is 320 g/mol. The van der Waals surface area contributed by atoms with Gasteiger partial charge in [0.1, 0.15) is 0 Å². The third-order valence-electron chi connectivity index (χ3n) is 4.94. The fourth-order valence-electron chi connectivity index (χ4n) is 3.41. The van der Waals surface area contributed by atoms with Gasteiger partial charge in [0.2, 0.25) is 0 Å². The van der Waals surface area contributed by atoms with Crippen molar-refractivity contribution in [2.45, 2.75) is 27.2 Å². The summed E-state index contributed by atoms with van der Waals surface area (Å²) in [6.07, 6.45) is 1.07. The minimum atomic E-state index is 1.03. The van der Waals surface area contributed by atoms with Crippen LogP contribution < -0.4 is 4.90 Å². The number of nitrogens with zero attached hydrogens (tertiary/aromatic N) is 2. The fourth-order valence-corrected chi connectivity index (χ4v) is 3.41. The van der Waals surface area contributed by atoms with E-state index in [1.165, 1.54) is 27.9 Å². The van der Waals surface area contributed by atoms with Crippen molar-refractivity contribution in [3.05, 3.63) is 71.3 Å². The lowest BCUT2D eigenvalue weighted by Crippen LogP contribution is -2.45. The number of piperazine rings is 1. The van der Waals surface area contributed by atoms with Gasteiger partial charge >= 0.3 is 0 Å². The van der Waals surface area contributed by atoms with Crippen molar-refractivity contribution in [3.8, 4) is 0 Å². The van der Waals surface area contributed by atoms with Crippen LogP contribution in [0.15, 0.2) is 49.0 Å². The van der Waals surface area contributed by atoms with E-state index in [9.17, 15) is 0 Å². The van der Waals surface area contributed by atoms with Gasteiger partial charge in [-0.15, -0.1) is 0 Å². The highest BCUT2D eigenvalue weighted by atomic mass is 15.3. The molecule has 2 aromatic carbocycles. The molecule has 1 fully saturated rings. The first-order valence-electron chi connectivity index (χ1n) is 8.93. The molecule has 0 amide bonds. The molecule has 1 aliphatic rings. The van der Waals surface area contributed by atoms with Crippen LogP contribution in [0.2, 0.25) is 0 Å². The molecule has 1 saturated heterocycles. The van der Waals surface area contributed by atoms with E-state index in [1.54, 1.807) is 0 Å². The summed E-state index contributed by atoms with van der Waals surface area (Å²) in [7, 11) is 0. The van der Waals surface area contributed by atoms with E-state index in [0.29, 0.717) is 0 Å². The van der Waals surface area contributed by atoms with E-state index in [4.69, 9.17) is 0 Å². The number of benzene rings is 2. The summed E-state index contributed by atoms with van der Waals surface area (Å²) < 4.78 is 0. The average Bonchev–Trinajstić information content (AvgIpc) is 2.61. The van der Waals surface area contributed by atoms with Crippen molar-refractivity contribution in [1.29, 1.82) is 0 Å². The summed E-state index contributed by atoms with van der Waals surface area (Å²) in [5.74, 6) is 0. The van der Waals surface area contributed by atoms with E-state index in [1.807, 2.05) is 0 Å². The van der Waals surface area contributed by atoms with Crippen molar-refractivity contribution < 1.29 is 0 Å². The lowest BCUT2D eigenvalue weighted by molar-refractivity contribution is 0.368. The van der Waals surface area contributed by atoms with Gasteiger partial charge in [-0.3, -0.25) is 0 Å². The molecule has 0 N–H and O–H groups in total. The van der Waals surface area contributed by atoms with Gasteiger partial charge in [-0.05, 0) is 55.7 Å². The first-order chi connectivity index (χ1) is 11.6. The summed E-state index contributed by atoms with van der Waals surface area (Å²) in [6, 6.07) is 15.7. The van der Waals surface area contributed by atoms with E-state index in [0.717, 1.165) is 38.3 Å². The van der Waals surface area contributed by atoms with Crippen LogP contribution in [0.25, 0.3) is 5.70 Å². The Kier molecular flexibility index (Phi) is 4.94. The minimum Gasteiger partial charge on any atom is -0.368 e. The first-order valence-corrected chi connectivity index (χ1v) is 8.93. The van der Waals surface area contributed by atoms with Crippen LogP contribution >= 0.6 is 0 Å². The van der Waals surface area contributed by atoms with Gasteiger partial charge < -0.3 is 9.80 Å². The summed E-state index contributed by atoms with van der Waals surface area (Å²) in [5.41, 5.74) is 7.80. The molecule has 2 nitrogen and oxygen atoms in total. The molecule has 0 radical (unpaired) electrons. The zero-order chi connectivity index (χ0) is 17.1. The van der Waals surface area contributed by atoms with Crippen LogP contribution in [0.1, 0.15) is 29.2 Å². The molecule has 2 aromatic rings. The standard InChI is InChI=1S/C22H28N2/c1-5-20-14-18(3)15-21(16-20)19(4)23-10-12-24(13-11-23)22-8-6-17(2)7-9-22/h6-9,14-16H,4-5,10-13H2,1-3H3. The number of hydrogen-bond donors (Lipinski definition) is 0. The Labute approximate surface area is 146 Å². The summed E-state index contributed by atoms with van der Waals surface area (Å²) in [5, 5.41) is 0. The Hall–Kier alpha value is -2.22. The molecule has 2 heteroatoms. The zero-order valence-electron chi connectivity index (χ0n) is 15.2. The van der Waals surface area contributed by atoms with E-state index >= 15 is 0 Å². The van der Waals surface area contributed by atoms with Crippen LogP contribution in [0.5, 0.6) is 0 Å². The molecular formula is C22H28N2. The van der Waals surface area contributed by atoms with Gasteiger partial charge in [0.25, 0.3) is 0 Å². The normalized spacial score (nSPS) is 14.8. The van der Waals surface area contributed by atoms with Gasteiger partial charge in [-0.2, -0.15) is 0 Å². The Morgan fingerprint density at radius 1 is 0.917 bits per heavy atom. The number of aryl methyl sites for hydroxylation is 3. The third kappa shape index (κ3) is 3.64. The molecule has 0 unspecified atom stereocenters. The van der Waals surface area contributed by atoms with Crippen molar-refractivity contribution in [3.63, 3.8) is 0 Å². The number of hydrogen-bond acceptors (Lipinski definition) is 2. The number of anilines is 1. The lowest BCUT2D eigenvalue weighted by Gasteiger charge is -2.38. The van der Waals surface area contributed by atoms with Crippen molar-refractivity contribution in [2.75, 3.05) is 31.1 Å². The molecule has 0 bridgehead atoms. The molecule has 1 aliphatic heterocycles. The van der Waals surface area contributed by atoms with Crippen molar-refractivity contribution in [1.82, 2.24) is 4.90 Å². The summed E-state index contributed by atoms with van der Waals surface area (Å²) in [4.78, 5) is 4.90. The highest BCUT2D eigenvalue weighted by molar-refractivity contribution is 5.64. The second-order valence-electron chi connectivity index (χ2n) is 6.82. The van der Waals surface area contributed by atoms with Crippen LogP contribution in [0, 0.1) is 13.8 Å². The molecule has 3 rings (SSSR count). The smallest absolute Gasteiger partial charge is 0.0368 e. The molecule has 0 saturated carbocycles. The van der Waals surface area contributed by atoms with E-state index in [2.05, 4.69) is 79.6 Å². The second kappa shape index (κ2) is 7.12. The summed E-state index contributed by atoms with van der Waals surface area (Å²) >= 11 is 0. The van der Waals surface area contributed by atoms with Crippen LogP contribution in [0.3, 0.4) is 0 Å². The largest absolute Gasteiger partial charge is 0.368 e. The second-order valence-corrected chi connectivity index (χ2v) is 6.82. The molecule has 0 spiro atoms. The number of rotatable bonds is 4. The van der Waals surface area contributed by atoms with Crippen LogP contribution in [-0.2, 0) is 6.42 Å². The van der Waals surface area contributed by atoms with Crippen molar-refractivity contribution >= 4 is 11.4 Å². The first kappa shape index (κ1) is 16.6. The van der Waals surface area contributed by atoms with Crippen LogP contribution in [-0.4, -0.2) is 31.1 Å². The molecule has 0 atom stereocenters. The third-order valence-corrected chi connectivity index (χ3v) is 4.94. The Bertz CT molecular complexity index is 707. The molecule has 24 heavy (non-hydrogen) atoms. The Morgan fingerprint density at radius 2 is 1.58 bits per heavy atom. The summed E-state index contributed by atoms with van der Waals surface area (Å²) in [6.45, 7) is 15.1. The molecule has 1 heterocycles. The maximum Gasteiger partial charge on any atom is 0.0368 e. The Morgan fingerprint density at radius 3 is 2.21 bits per heavy atom. The highest BCUT2D eigenvalue weighted by Crippen LogP contribution is 2.24. The maximum absolute atomic E-state index is 4.38. The van der Waals surface area contributed by atoms with Crippen molar-refractivity contribution in [2.24, 2.45) is 0 Å². The topological polar surface area (TPSA) is 6.48 Å². The molecule has 0 aromatic heterocycles. The van der Waals surface area contributed by atoms with Gasteiger partial charge in [0, 0.05) is 37.6 Å². The maximum atomic E-state index is 4.38. The Balaban J connectivity index is 1.67. The predicted octanol–water partition coefficient (Wildman–Crippen LogP) is 4.66. The van der Waals surface area contributed by atoms with Gasteiger partial charge in [-0.1, -0.05) is 42.8 Å². The predicted molar refractivity (Wildman–Crippen MR) is 105 cm³/mol. The SMILES string of the molecule is C=C(c1cc(C)cc(CC)c1)N1CCN(c2ccc(C)cc2)CC1. The molecular weight excluding hydrogens is 292 g/mol. The molecule has 0 aliphatic carbocycles.